The van der Waals surface area contributed by atoms with Crippen molar-refractivity contribution in [1.29, 1.82) is 0 Å². The number of amidine groups is 1. The van der Waals surface area contributed by atoms with Crippen molar-refractivity contribution in [3.63, 3.8) is 0 Å². The van der Waals surface area contributed by atoms with Gasteiger partial charge in [0.05, 0.1) is 12.2 Å². The maximum Gasteiger partial charge on any atom is 0.573 e. The van der Waals surface area contributed by atoms with Crippen LogP contribution in [0.5, 0.6) is 5.75 Å². The Balaban J connectivity index is 1.19. The maximum atomic E-state index is 15.0. The Labute approximate surface area is 256 Å². The van der Waals surface area contributed by atoms with Gasteiger partial charge in [0.2, 0.25) is 0 Å². The van der Waals surface area contributed by atoms with Crippen LogP contribution in [0.15, 0.2) is 78.0 Å². The van der Waals surface area contributed by atoms with E-state index in [2.05, 4.69) is 57.2 Å². The van der Waals surface area contributed by atoms with Crippen LogP contribution in [-0.4, -0.2) is 51.2 Å². The second kappa shape index (κ2) is 13.1. The monoisotopic (exact) mass is 626 g/mol. The number of ether oxygens (including phenoxy) is 1. The minimum absolute atomic E-state index is 0.248. The van der Waals surface area contributed by atoms with Crippen LogP contribution in [0.4, 0.5) is 28.0 Å². The third-order valence-electron chi connectivity index (χ3n) is 6.86. The lowest BCUT2D eigenvalue weighted by atomic mass is 9.99. The molecule has 1 saturated heterocycles. The number of aromatic nitrogens is 3. The first-order chi connectivity index (χ1) is 21.0. The Bertz CT molecular complexity index is 1640. The van der Waals surface area contributed by atoms with Gasteiger partial charge in [-0.1, -0.05) is 62.0 Å². The Morgan fingerprint density at radius 3 is 2.50 bits per heavy atom. The van der Waals surface area contributed by atoms with Gasteiger partial charge in [-0.05, 0) is 59.9 Å². The number of carbonyl (C=O) groups is 1. The minimum Gasteiger partial charge on any atom is -0.406 e. The van der Waals surface area contributed by atoms with Crippen LogP contribution < -0.4 is 15.0 Å². The highest BCUT2D eigenvalue weighted by atomic mass is 32.2. The number of anilines is 1. The van der Waals surface area contributed by atoms with Crippen LogP contribution in [0.2, 0.25) is 0 Å². The van der Waals surface area contributed by atoms with Gasteiger partial charge < -0.3 is 15.0 Å². The molecule has 0 aliphatic carbocycles. The van der Waals surface area contributed by atoms with Crippen molar-refractivity contribution in [1.82, 2.24) is 20.1 Å². The van der Waals surface area contributed by atoms with Crippen LogP contribution in [0.3, 0.4) is 0 Å². The van der Waals surface area contributed by atoms with Crippen molar-refractivity contribution in [3.05, 3.63) is 89.7 Å². The van der Waals surface area contributed by atoms with Crippen LogP contribution in [0, 0.1) is 6.92 Å². The lowest BCUT2D eigenvalue weighted by Crippen LogP contribution is -2.29. The molecule has 2 heterocycles. The number of nitrogens with zero attached hydrogens (tertiary/aromatic N) is 5. The number of urea groups is 1. The van der Waals surface area contributed by atoms with E-state index < -0.39 is 18.6 Å². The van der Waals surface area contributed by atoms with Crippen molar-refractivity contribution >= 4 is 28.6 Å². The number of alkyl halides is 4. The molecule has 1 atom stereocenters. The van der Waals surface area contributed by atoms with Gasteiger partial charge in [-0.2, -0.15) is 4.99 Å². The lowest BCUT2D eigenvalue weighted by Gasteiger charge is -2.23. The highest BCUT2D eigenvalue weighted by Gasteiger charge is 2.31. The average Bonchev–Trinajstić information content (AvgIpc) is 3.66. The summed E-state index contributed by atoms with van der Waals surface area (Å²) in [6, 6.07) is 17.4. The molecule has 13 heteroatoms. The first-order valence-electron chi connectivity index (χ1n) is 13.9. The molecule has 5 rings (SSSR count). The van der Waals surface area contributed by atoms with Gasteiger partial charge in [0.1, 0.15) is 18.2 Å². The quantitative estimate of drug-likeness (QED) is 0.203. The summed E-state index contributed by atoms with van der Waals surface area (Å²) in [7, 11) is 0. The van der Waals surface area contributed by atoms with Gasteiger partial charge in [-0.25, -0.2) is 18.9 Å². The Hall–Kier alpha value is -4.39. The van der Waals surface area contributed by atoms with E-state index >= 15 is 4.39 Å². The smallest absolute Gasteiger partial charge is 0.406 e. The molecule has 1 aliphatic heterocycles. The summed E-state index contributed by atoms with van der Waals surface area (Å²) in [5, 5.41) is 7.52. The Morgan fingerprint density at radius 2 is 1.82 bits per heavy atom. The third-order valence-corrected chi connectivity index (χ3v) is 7.82. The number of aryl methyl sites for hydroxylation is 1. The lowest BCUT2D eigenvalue weighted by molar-refractivity contribution is -0.274. The SMILES string of the molecule is Cc1ccc(C(C)C)c(N2CCS/C2=N\C(=O)NCC(F)c2ccc(-c3ncn(-c4ccc(OC(F)(F)F)cc4)n3)cc2)c1. The van der Waals surface area contributed by atoms with Crippen LogP contribution in [0.1, 0.15) is 42.6 Å². The third kappa shape index (κ3) is 7.57. The van der Waals surface area contributed by atoms with E-state index in [-0.39, 0.29) is 12.3 Å². The van der Waals surface area contributed by atoms with Crippen LogP contribution >= 0.6 is 11.8 Å². The molecule has 1 fully saturated rings. The second-order valence-electron chi connectivity index (χ2n) is 10.4. The van der Waals surface area contributed by atoms with Crippen LogP contribution in [-0.2, 0) is 0 Å². The number of hydrogen-bond donors (Lipinski definition) is 1. The summed E-state index contributed by atoms with van der Waals surface area (Å²) >= 11 is 1.49. The number of hydrogen-bond acceptors (Lipinski definition) is 5. The van der Waals surface area contributed by atoms with Crippen molar-refractivity contribution in [2.24, 2.45) is 4.99 Å². The molecule has 1 aromatic heterocycles. The highest BCUT2D eigenvalue weighted by molar-refractivity contribution is 8.14. The zero-order chi connectivity index (χ0) is 31.4. The van der Waals surface area contributed by atoms with Crippen molar-refractivity contribution in [2.45, 2.75) is 39.2 Å². The molecule has 44 heavy (non-hydrogen) atoms. The minimum atomic E-state index is -4.77. The second-order valence-corrected chi connectivity index (χ2v) is 11.5. The van der Waals surface area contributed by atoms with E-state index in [4.69, 9.17) is 0 Å². The van der Waals surface area contributed by atoms with E-state index in [9.17, 15) is 18.0 Å². The van der Waals surface area contributed by atoms with E-state index in [1.807, 2.05) is 11.8 Å². The fourth-order valence-electron chi connectivity index (χ4n) is 4.68. The Morgan fingerprint density at radius 1 is 1.09 bits per heavy atom. The summed E-state index contributed by atoms with van der Waals surface area (Å²) in [5.74, 6) is 1.10. The number of halogens is 4. The molecule has 0 spiro atoms. The number of rotatable bonds is 8. The number of carbonyl (C=O) groups excluding carboxylic acids is 1. The molecular formula is C31H30F4N6O2S. The average molecular weight is 627 g/mol. The van der Waals surface area contributed by atoms with E-state index in [0.717, 1.165) is 23.5 Å². The molecule has 3 aromatic carbocycles. The molecule has 4 aromatic rings. The van der Waals surface area contributed by atoms with Crippen molar-refractivity contribution in [2.75, 3.05) is 23.7 Å². The largest absolute Gasteiger partial charge is 0.573 e. The van der Waals surface area contributed by atoms with E-state index in [1.54, 1.807) is 24.3 Å². The number of thioether (sulfide) groups is 1. The number of amides is 2. The van der Waals surface area contributed by atoms with E-state index in [1.165, 1.54) is 52.6 Å². The standard InChI is InChI=1S/C31H30F4N6O2S/c1-19(2)25-13-4-20(3)16-27(25)40-14-15-44-30(40)38-29(42)36-17-26(32)21-5-7-22(8-6-21)28-37-18-41(39-28)23-9-11-24(12-10-23)43-31(33,34)35/h4-13,16,18-19,26H,14-15,17H2,1-3H3,(H,36,42)/b38-30-. The summed E-state index contributed by atoms with van der Waals surface area (Å²) in [6.45, 7) is 6.76. The van der Waals surface area contributed by atoms with Crippen molar-refractivity contribution in [3.8, 4) is 22.8 Å². The fourth-order valence-corrected chi connectivity index (χ4v) is 5.63. The summed E-state index contributed by atoms with van der Waals surface area (Å²) in [5.41, 5.74) is 4.79. The van der Waals surface area contributed by atoms with Crippen LogP contribution in [0.25, 0.3) is 17.1 Å². The molecule has 230 valence electrons. The maximum absolute atomic E-state index is 15.0. The normalized spacial score (nSPS) is 15.2. The molecule has 1 N–H and O–H groups in total. The summed E-state index contributed by atoms with van der Waals surface area (Å²) in [6.07, 6.45) is -4.82. The number of aliphatic imine (C=N–C) groups is 1. The Kier molecular flexibility index (Phi) is 9.23. The molecular weight excluding hydrogens is 596 g/mol. The first kappa shape index (κ1) is 31.0. The number of benzene rings is 3. The van der Waals surface area contributed by atoms with E-state index in [0.29, 0.717) is 33.7 Å². The molecule has 0 bridgehead atoms. The number of nitrogens with one attached hydrogen (secondary N) is 1. The molecule has 8 nitrogen and oxygen atoms in total. The van der Waals surface area contributed by atoms with Gasteiger partial charge in [-0.15, -0.1) is 18.3 Å². The van der Waals surface area contributed by atoms with Gasteiger partial charge in [0, 0.05) is 23.5 Å². The molecule has 2 amide bonds. The molecule has 1 aliphatic rings. The molecule has 0 saturated carbocycles. The van der Waals surface area contributed by atoms with Gasteiger partial charge in [0.25, 0.3) is 0 Å². The topological polar surface area (TPSA) is 84.6 Å². The van der Waals surface area contributed by atoms with Crippen molar-refractivity contribution < 1.29 is 27.1 Å². The first-order valence-corrected chi connectivity index (χ1v) is 14.8. The predicted molar refractivity (Wildman–Crippen MR) is 163 cm³/mol. The molecule has 1 unspecified atom stereocenters. The molecule has 0 radical (unpaired) electrons. The summed E-state index contributed by atoms with van der Waals surface area (Å²) in [4.78, 5) is 23.2. The fraction of sp³-hybridized carbons (Fsp3) is 0.290. The van der Waals surface area contributed by atoms with Gasteiger partial charge >= 0.3 is 12.4 Å². The zero-order valence-electron chi connectivity index (χ0n) is 24.2. The zero-order valence-corrected chi connectivity index (χ0v) is 25.0. The summed E-state index contributed by atoms with van der Waals surface area (Å²) < 4.78 is 57.5. The van der Waals surface area contributed by atoms with Gasteiger partial charge in [0.15, 0.2) is 11.0 Å². The predicted octanol–water partition coefficient (Wildman–Crippen LogP) is 7.59. The highest BCUT2D eigenvalue weighted by Crippen LogP contribution is 2.33. The van der Waals surface area contributed by atoms with Gasteiger partial charge in [-0.3, -0.25) is 0 Å².